The molecule has 1 heterocycles. The highest BCUT2D eigenvalue weighted by Gasteiger charge is 2.23. The molecule has 3 N–H and O–H groups in total. The molecule has 3 amide bonds. The number of carbonyl (C=O) groups excluding carboxylic acids is 3. The van der Waals surface area contributed by atoms with E-state index in [4.69, 9.17) is 32.7 Å². The first-order chi connectivity index (χ1) is 17.3. The largest absolute Gasteiger partial charge is 0.495 e. The number of nitrogens with zero attached hydrogens (tertiary/aromatic N) is 1. The van der Waals surface area contributed by atoms with Crippen molar-refractivity contribution in [1.82, 2.24) is 4.68 Å². The molecule has 4 rings (SSSR count). The van der Waals surface area contributed by atoms with Crippen LogP contribution in [0.2, 0.25) is 10.0 Å². The Morgan fingerprint density at radius 3 is 2.22 bits per heavy atom. The van der Waals surface area contributed by atoms with Crippen LogP contribution in [-0.4, -0.2) is 36.6 Å². The van der Waals surface area contributed by atoms with Crippen molar-refractivity contribution in [2.45, 2.75) is 0 Å². The minimum Gasteiger partial charge on any atom is -0.495 e. The molecule has 0 unspecified atom stereocenters. The van der Waals surface area contributed by atoms with Crippen molar-refractivity contribution in [3.63, 3.8) is 0 Å². The number of hydrogen-bond donors (Lipinski definition) is 3. The van der Waals surface area contributed by atoms with Gasteiger partial charge in [0.05, 0.1) is 30.6 Å². The van der Waals surface area contributed by atoms with Gasteiger partial charge in [0.15, 0.2) is 0 Å². The first kappa shape index (κ1) is 24.9. The van der Waals surface area contributed by atoms with Gasteiger partial charge in [-0.15, -0.1) is 0 Å². The van der Waals surface area contributed by atoms with Gasteiger partial charge in [-0.3, -0.25) is 19.8 Å². The average molecular weight is 527 g/mol. The Hall–Kier alpha value is -4.21. The molecule has 0 fully saturated rings. The second-order valence-electron chi connectivity index (χ2n) is 7.44. The van der Waals surface area contributed by atoms with Gasteiger partial charge in [0.25, 0.3) is 5.91 Å². The molecule has 0 aliphatic carbocycles. The van der Waals surface area contributed by atoms with Gasteiger partial charge in [-0.2, -0.15) is 0 Å². The van der Waals surface area contributed by atoms with Crippen molar-refractivity contribution in [3.05, 3.63) is 82.5 Å². The Bertz CT molecular complexity index is 1480. The van der Waals surface area contributed by atoms with Gasteiger partial charge < -0.3 is 20.1 Å². The molecule has 0 aliphatic heterocycles. The number of rotatable bonds is 6. The van der Waals surface area contributed by atoms with Crippen LogP contribution in [0.5, 0.6) is 11.5 Å². The van der Waals surface area contributed by atoms with Crippen LogP contribution in [0, 0.1) is 0 Å². The minimum absolute atomic E-state index is 0.0268. The summed E-state index contributed by atoms with van der Waals surface area (Å²) in [5.74, 6) is -1.83. The lowest BCUT2D eigenvalue weighted by molar-refractivity contribution is -0.133. The van der Waals surface area contributed by atoms with E-state index >= 15 is 0 Å². The highest BCUT2D eigenvalue weighted by atomic mass is 35.5. The lowest BCUT2D eigenvalue weighted by Gasteiger charge is -2.15. The first-order valence-electron chi connectivity index (χ1n) is 10.5. The van der Waals surface area contributed by atoms with Gasteiger partial charge in [-0.1, -0.05) is 47.5 Å². The van der Waals surface area contributed by atoms with Crippen molar-refractivity contribution < 1.29 is 23.9 Å². The van der Waals surface area contributed by atoms with E-state index in [1.54, 1.807) is 60.7 Å². The van der Waals surface area contributed by atoms with E-state index in [1.807, 2.05) is 0 Å². The van der Waals surface area contributed by atoms with E-state index in [0.717, 1.165) is 0 Å². The molecule has 0 bridgehead atoms. The molecule has 3 aromatic carbocycles. The molecule has 4 aromatic rings. The number of benzene rings is 3. The summed E-state index contributed by atoms with van der Waals surface area (Å²) in [4.78, 5) is 38.8. The molecule has 0 spiro atoms. The SMILES string of the molecule is COc1ccccc1NC(=O)C(=O)Nn1c(C(=O)Nc2ccc(Cl)cc2Cl)cc2cccc(OC)c21. The third kappa shape index (κ3) is 5.07. The molecular weight excluding hydrogens is 507 g/mol. The van der Waals surface area contributed by atoms with Crippen molar-refractivity contribution in [2.75, 3.05) is 30.3 Å². The van der Waals surface area contributed by atoms with Crippen molar-refractivity contribution in [3.8, 4) is 11.5 Å². The highest BCUT2D eigenvalue weighted by molar-refractivity contribution is 6.42. The zero-order chi connectivity index (χ0) is 25.8. The number of hydrogen-bond acceptors (Lipinski definition) is 5. The summed E-state index contributed by atoms with van der Waals surface area (Å²) in [6, 6.07) is 17.9. The number of halogens is 2. The van der Waals surface area contributed by atoms with Crippen LogP contribution < -0.4 is 25.5 Å². The summed E-state index contributed by atoms with van der Waals surface area (Å²) in [7, 11) is 2.90. The third-order valence-electron chi connectivity index (χ3n) is 5.19. The van der Waals surface area contributed by atoms with E-state index in [-0.39, 0.29) is 10.7 Å². The Kier molecular flexibility index (Phi) is 7.33. The Morgan fingerprint density at radius 2 is 1.50 bits per heavy atom. The molecule has 11 heteroatoms. The van der Waals surface area contributed by atoms with E-state index in [0.29, 0.717) is 38.8 Å². The van der Waals surface area contributed by atoms with Crippen LogP contribution >= 0.6 is 23.2 Å². The molecule has 0 atom stereocenters. The molecule has 0 radical (unpaired) electrons. The van der Waals surface area contributed by atoms with Crippen LogP contribution in [0.15, 0.2) is 66.7 Å². The van der Waals surface area contributed by atoms with E-state index < -0.39 is 17.7 Å². The maximum atomic E-state index is 13.2. The van der Waals surface area contributed by atoms with Crippen LogP contribution in [0.4, 0.5) is 11.4 Å². The predicted octanol–water partition coefficient (Wildman–Crippen LogP) is 4.93. The zero-order valence-corrected chi connectivity index (χ0v) is 20.6. The Balaban J connectivity index is 1.68. The van der Waals surface area contributed by atoms with Gasteiger partial charge in [0.1, 0.15) is 22.7 Å². The molecule has 184 valence electrons. The van der Waals surface area contributed by atoms with Crippen LogP contribution in [-0.2, 0) is 9.59 Å². The average Bonchev–Trinajstić information content (AvgIpc) is 3.24. The Morgan fingerprint density at radius 1 is 0.778 bits per heavy atom. The van der Waals surface area contributed by atoms with Crippen LogP contribution in [0.25, 0.3) is 10.9 Å². The molecule has 9 nitrogen and oxygen atoms in total. The second kappa shape index (κ2) is 10.6. The number of anilines is 2. The Labute approximate surface area is 215 Å². The molecule has 36 heavy (non-hydrogen) atoms. The van der Waals surface area contributed by atoms with Crippen molar-refractivity contribution in [1.29, 1.82) is 0 Å². The van der Waals surface area contributed by atoms with Gasteiger partial charge in [0, 0.05) is 10.4 Å². The monoisotopic (exact) mass is 526 g/mol. The third-order valence-corrected chi connectivity index (χ3v) is 5.74. The van der Waals surface area contributed by atoms with E-state index in [1.165, 1.54) is 25.0 Å². The maximum absolute atomic E-state index is 13.2. The summed E-state index contributed by atoms with van der Waals surface area (Å²) in [5, 5.41) is 6.42. The smallest absolute Gasteiger partial charge is 0.328 e. The summed E-state index contributed by atoms with van der Waals surface area (Å²) in [5.41, 5.74) is 3.52. The fraction of sp³-hybridized carbons (Fsp3) is 0.0800. The number of methoxy groups -OCH3 is 2. The topological polar surface area (TPSA) is 111 Å². The normalized spacial score (nSPS) is 10.6. The van der Waals surface area contributed by atoms with Gasteiger partial charge in [-0.05, 0) is 42.5 Å². The fourth-order valence-corrected chi connectivity index (χ4v) is 3.99. The summed E-state index contributed by atoms with van der Waals surface area (Å²) in [6.45, 7) is 0. The number of aromatic nitrogens is 1. The van der Waals surface area contributed by atoms with E-state index in [2.05, 4.69) is 16.1 Å². The maximum Gasteiger partial charge on any atom is 0.328 e. The minimum atomic E-state index is -1.03. The lowest BCUT2D eigenvalue weighted by atomic mass is 10.2. The molecule has 0 saturated heterocycles. The molecular formula is C25H20Cl2N4O5. The lowest BCUT2D eigenvalue weighted by Crippen LogP contribution is -2.36. The zero-order valence-electron chi connectivity index (χ0n) is 19.1. The van der Waals surface area contributed by atoms with Gasteiger partial charge in [-0.25, -0.2) is 4.68 Å². The van der Waals surface area contributed by atoms with Gasteiger partial charge >= 0.3 is 11.8 Å². The second-order valence-corrected chi connectivity index (χ2v) is 8.28. The van der Waals surface area contributed by atoms with Crippen LogP contribution in [0.1, 0.15) is 10.5 Å². The summed E-state index contributed by atoms with van der Waals surface area (Å²) >= 11 is 12.1. The first-order valence-corrected chi connectivity index (χ1v) is 11.3. The molecule has 0 aliphatic rings. The standard InChI is InChI=1S/C25H20Cl2N4O5/c1-35-20-8-4-3-7-18(20)29-24(33)25(34)30-31-19(12-14-6-5-9-21(36-2)22(14)31)23(32)28-17-11-10-15(26)13-16(17)27/h3-13H,1-2H3,(H,28,32)(H,29,33)(H,30,34). The highest BCUT2D eigenvalue weighted by Crippen LogP contribution is 2.30. The summed E-state index contributed by atoms with van der Waals surface area (Å²) < 4.78 is 11.8. The molecule has 1 aromatic heterocycles. The van der Waals surface area contributed by atoms with Crippen molar-refractivity contribution >= 4 is 63.2 Å². The quantitative estimate of drug-likeness (QED) is 0.308. The fourth-order valence-electron chi connectivity index (χ4n) is 3.53. The van der Waals surface area contributed by atoms with Crippen molar-refractivity contribution in [2.24, 2.45) is 0 Å². The number of para-hydroxylation sites is 3. The number of amides is 3. The number of fused-ring (bicyclic) bond motifs is 1. The molecule has 0 saturated carbocycles. The predicted molar refractivity (Wildman–Crippen MR) is 139 cm³/mol. The van der Waals surface area contributed by atoms with E-state index in [9.17, 15) is 14.4 Å². The number of nitrogens with one attached hydrogen (secondary N) is 3. The number of ether oxygens (including phenoxy) is 2. The van der Waals surface area contributed by atoms with Crippen LogP contribution in [0.3, 0.4) is 0 Å². The van der Waals surface area contributed by atoms with Gasteiger partial charge in [0.2, 0.25) is 0 Å². The summed E-state index contributed by atoms with van der Waals surface area (Å²) in [6.07, 6.45) is 0. The number of carbonyl (C=O) groups is 3.